The Bertz CT molecular complexity index is 937. The molecule has 3 heterocycles. The first-order chi connectivity index (χ1) is 12.4. The largest absolute Gasteiger partial charge is 0.338 e. The number of carbonyl (C=O) groups is 1. The number of aromatic amines is 1. The van der Waals surface area contributed by atoms with Crippen molar-refractivity contribution in [3.63, 3.8) is 0 Å². The Hall–Kier alpha value is -2.70. The van der Waals surface area contributed by atoms with Gasteiger partial charge in [0.05, 0.1) is 5.69 Å². The van der Waals surface area contributed by atoms with E-state index in [1.807, 2.05) is 19.9 Å². The summed E-state index contributed by atoms with van der Waals surface area (Å²) < 4.78 is 1.61. The van der Waals surface area contributed by atoms with Crippen molar-refractivity contribution in [2.24, 2.45) is 0 Å². The molecule has 2 aromatic rings. The molecule has 2 aromatic heterocycles. The Kier molecular flexibility index (Phi) is 5.06. The highest BCUT2D eigenvalue weighted by Crippen LogP contribution is 2.26. The van der Waals surface area contributed by atoms with Crippen LogP contribution in [0.5, 0.6) is 0 Å². The van der Waals surface area contributed by atoms with E-state index in [0.29, 0.717) is 25.5 Å². The lowest BCUT2D eigenvalue weighted by atomic mass is 9.93. The van der Waals surface area contributed by atoms with Crippen molar-refractivity contribution in [2.75, 3.05) is 13.1 Å². The van der Waals surface area contributed by atoms with Crippen LogP contribution in [0.3, 0.4) is 0 Å². The Morgan fingerprint density at radius 3 is 2.54 bits per heavy atom. The van der Waals surface area contributed by atoms with Crippen LogP contribution in [0.15, 0.2) is 27.8 Å². The molecule has 0 aromatic carbocycles. The molecule has 0 radical (unpaired) electrons. The molecule has 138 valence electrons. The third-order valence-electron chi connectivity index (χ3n) is 5.02. The highest BCUT2D eigenvalue weighted by molar-refractivity contribution is 5.94. The van der Waals surface area contributed by atoms with Crippen LogP contribution >= 0.6 is 0 Å². The molecule has 1 saturated heterocycles. The zero-order valence-corrected chi connectivity index (χ0v) is 15.4. The lowest BCUT2D eigenvalue weighted by molar-refractivity contribution is 0.0709. The van der Waals surface area contributed by atoms with E-state index >= 15 is 0 Å². The van der Waals surface area contributed by atoms with Crippen molar-refractivity contribution >= 4 is 5.91 Å². The van der Waals surface area contributed by atoms with Crippen molar-refractivity contribution in [3.05, 3.63) is 61.7 Å². The van der Waals surface area contributed by atoms with Crippen LogP contribution in [0, 0.1) is 13.8 Å². The van der Waals surface area contributed by atoms with Gasteiger partial charge in [0.25, 0.3) is 17.0 Å². The normalized spacial score (nSPS) is 15.3. The molecule has 1 aliphatic rings. The third kappa shape index (κ3) is 3.47. The van der Waals surface area contributed by atoms with Crippen molar-refractivity contribution in [3.8, 4) is 0 Å². The van der Waals surface area contributed by atoms with E-state index < -0.39 is 0 Å². The fraction of sp³-hybridized carbons (Fsp3) is 0.474. The molecule has 1 N–H and O–H groups in total. The smallest absolute Gasteiger partial charge is 0.263 e. The molecule has 3 rings (SSSR count). The number of H-pyrrole nitrogens is 1. The second-order valence-electron chi connectivity index (χ2n) is 6.76. The monoisotopic (exact) mass is 356 g/mol. The Labute approximate surface area is 151 Å². The molecule has 0 aliphatic carbocycles. The summed E-state index contributed by atoms with van der Waals surface area (Å²) in [5.74, 6) is 0.543. The van der Waals surface area contributed by atoms with Crippen molar-refractivity contribution in [2.45, 2.75) is 46.1 Å². The average molecular weight is 356 g/mol. The fourth-order valence-corrected chi connectivity index (χ4v) is 3.59. The lowest BCUT2D eigenvalue weighted by Crippen LogP contribution is -2.41. The molecule has 0 saturated carbocycles. The summed E-state index contributed by atoms with van der Waals surface area (Å²) in [5.41, 5.74) is 1.48. The number of likely N-dealkylation sites (tertiary alicyclic amines) is 1. The molecule has 1 amide bonds. The molecule has 7 heteroatoms. The molecule has 0 bridgehead atoms. The van der Waals surface area contributed by atoms with E-state index in [1.165, 1.54) is 6.07 Å². The van der Waals surface area contributed by atoms with Gasteiger partial charge in [-0.15, -0.1) is 0 Å². The summed E-state index contributed by atoms with van der Waals surface area (Å²) in [7, 11) is 0. The highest BCUT2D eigenvalue weighted by Gasteiger charge is 2.27. The zero-order valence-electron chi connectivity index (χ0n) is 15.4. The maximum absolute atomic E-state index is 12.8. The SMILES string of the molecule is CCn1c(C)ccc(C(=O)N2CCC(c3cc(=O)[nH]c(C)n3)CC2)c1=O. The fourth-order valence-electron chi connectivity index (χ4n) is 3.59. The quantitative estimate of drug-likeness (QED) is 0.904. The molecule has 1 fully saturated rings. The first-order valence-corrected chi connectivity index (χ1v) is 8.98. The van der Waals surface area contributed by atoms with E-state index in [1.54, 1.807) is 22.5 Å². The van der Waals surface area contributed by atoms with Gasteiger partial charge in [0.2, 0.25) is 0 Å². The predicted molar refractivity (Wildman–Crippen MR) is 98.6 cm³/mol. The first-order valence-electron chi connectivity index (χ1n) is 8.98. The Balaban J connectivity index is 1.75. The van der Waals surface area contributed by atoms with Crippen LogP contribution in [-0.4, -0.2) is 38.4 Å². The van der Waals surface area contributed by atoms with Gasteiger partial charge in [0.1, 0.15) is 11.4 Å². The molecule has 26 heavy (non-hydrogen) atoms. The summed E-state index contributed by atoms with van der Waals surface area (Å²) >= 11 is 0. The molecule has 7 nitrogen and oxygen atoms in total. The van der Waals surface area contributed by atoms with Crippen LogP contribution in [0.4, 0.5) is 0 Å². The Morgan fingerprint density at radius 2 is 1.92 bits per heavy atom. The topological polar surface area (TPSA) is 88.1 Å². The maximum atomic E-state index is 12.8. The van der Waals surface area contributed by atoms with Gasteiger partial charge in [-0.05, 0) is 45.7 Å². The van der Waals surface area contributed by atoms with Gasteiger partial charge >= 0.3 is 0 Å². The van der Waals surface area contributed by atoms with E-state index in [4.69, 9.17) is 0 Å². The summed E-state index contributed by atoms with van der Waals surface area (Å²) in [5, 5.41) is 0. The zero-order chi connectivity index (χ0) is 18.8. The van der Waals surface area contributed by atoms with Gasteiger partial charge < -0.3 is 14.5 Å². The summed E-state index contributed by atoms with van der Waals surface area (Å²) in [6, 6.07) is 4.97. The second-order valence-corrected chi connectivity index (χ2v) is 6.76. The van der Waals surface area contributed by atoms with Gasteiger partial charge in [-0.25, -0.2) is 4.98 Å². The second kappa shape index (κ2) is 7.27. The van der Waals surface area contributed by atoms with Crippen molar-refractivity contribution in [1.29, 1.82) is 0 Å². The van der Waals surface area contributed by atoms with Crippen LogP contribution in [0.1, 0.15) is 53.3 Å². The molecular formula is C19H24N4O3. The number of hydrogen-bond donors (Lipinski definition) is 1. The molecule has 1 aliphatic heterocycles. The minimum absolute atomic E-state index is 0.147. The number of amides is 1. The van der Waals surface area contributed by atoms with Crippen molar-refractivity contribution in [1.82, 2.24) is 19.4 Å². The minimum atomic E-state index is -0.230. The van der Waals surface area contributed by atoms with Gasteiger partial charge in [-0.2, -0.15) is 0 Å². The van der Waals surface area contributed by atoms with Crippen LogP contribution in [0.2, 0.25) is 0 Å². The number of piperidine rings is 1. The van der Waals surface area contributed by atoms with Crippen LogP contribution < -0.4 is 11.1 Å². The highest BCUT2D eigenvalue weighted by atomic mass is 16.2. The molecule has 0 unspecified atom stereocenters. The Morgan fingerprint density at radius 1 is 1.23 bits per heavy atom. The standard InChI is InChI=1S/C19H24N4O3/c1-4-23-12(2)5-6-15(19(23)26)18(25)22-9-7-14(8-10-22)16-11-17(24)21-13(3)20-16/h5-6,11,14H,4,7-10H2,1-3H3,(H,20,21,24). The summed E-state index contributed by atoms with van der Waals surface area (Å²) in [6.45, 7) is 7.17. The van der Waals surface area contributed by atoms with Gasteiger partial charge in [-0.3, -0.25) is 14.4 Å². The molecule has 0 spiro atoms. The van der Waals surface area contributed by atoms with Gasteiger partial charge in [-0.1, -0.05) is 0 Å². The summed E-state index contributed by atoms with van der Waals surface area (Å²) in [6.07, 6.45) is 1.46. The molecular weight excluding hydrogens is 332 g/mol. The number of hydrogen-bond acceptors (Lipinski definition) is 4. The lowest BCUT2D eigenvalue weighted by Gasteiger charge is -2.31. The predicted octanol–water partition coefficient (Wildman–Crippen LogP) is 1.59. The number of aromatic nitrogens is 3. The third-order valence-corrected chi connectivity index (χ3v) is 5.02. The first kappa shape index (κ1) is 18.1. The van der Waals surface area contributed by atoms with Gasteiger partial charge in [0, 0.05) is 37.3 Å². The van der Waals surface area contributed by atoms with Crippen molar-refractivity contribution < 1.29 is 4.79 Å². The number of nitrogens with zero attached hydrogens (tertiary/aromatic N) is 3. The number of pyridine rings is 1. The summed E-state index contributed by atoms with van der Waals surface area (Å²) in [4.78, 5) is 45.8. The number of rotatable bonds is 3. The van der Waals surface area contributed by atoms with Crippen LogP contribution in [-0.2, 0) is 6.54 Å². The van der Waals surface area contributed by atoms with E-state index in [2.05, 4.69) is 9.97 Å². The maximum Gasteiger partial charge on any atom is 0.263 e. The number of carbonyl (C=O) groups excluding carboxylic acids is 1. The van der Waals surface area contributed by atoms with Crippen LogP contribution in [0.25, 0.3) is 0 Å². The minimum Gasteiger partial charge on any atom is -0.338 e. The van der Waals surface area contributed by atoms with E-state index in [-0.39, 0.29) is 28.5 Å². The number of aryl methyl sites for hydroxylation is 2. The van der Waals surface area contributed by atoms with E-state index in [0.717, 1.165) is 24.2 Å². The molecule has 0 atom stereocenters. The number of nitrogens with one attached hydrogen (secondary N) is 1. The average Bonchev–Trinajstić information content (AvgIpc) is 2.61. The van der Waals surface area contributed by atoms with E-state index in [9.17, 15) is 14.4 Å². The van der Waals surface area contributed by atoms with Gasteiger partial charge in [0.15, 0.2) is 0 Å².